The van der Waals surface area contributed by atoms with Gasteiger partial charge in [0.2, 0.25) is 0 Å². The SMILES string of the molecule is Cc1nn(C)c(C)c1CCCNC(N)=NCC1CCC1. The van der Waals surface area contributed by atoms with E-state index in [1.54, 1.807) is 0 Å². The molecule has 1 aliphatic rings. The van der Waals surface area contributed by atoms with E-state index in [9.17, 15) is 0 Å². The van der Waals surface area contributed by atoms with Gasteiger partial charge in [-0.15, -0.1) is 0 Å². The molecule has 1 heterocycles. The Morgan fingerprint density at radius 2 is 2.20 bits per heavy atom. The molecule has 1 aromatic heterocycles. The van der Waals surface area contributed by atoms with Crippen molar-refractivity contribution in [1.82, 2.24) is 15.1 Å². The summed E-state index contributed by atoms with van der Waals surface area (Å²) in [6.07, 6.45) is 6.07. The van der Waals surface area contributed by atoms with Gasteiger partial charge < -0.3 is 11.1 Å². The molecule has 2 rings (SSSR count). The maximum atomic E-state index is 5.87. The van der Waals surface area contributed by atoms with E-state index >= 15 is 0 Å². The monoisotopic (exact) mass is 277 g/mol. The first-order valence-corrected chi connectivity index (χ1v) is 7.60. The van der Waals surface area contributed by atoms with Gasteiger partial charge in [0, 0.05) is 25.8 Å². The smallest absolute Gasteiger partial charge is 0.188 e. The highest BCUT2D eigenvalue weighted by Gasteiger charge is 2.16. The first-order valence-electron chi connectivity index (χ1n) is 7.60. The van der Waals surface area contributed by atoms with E-state index in [1.165, 1.54) is 30.5 Å². The average molecular weight is 277 g/mol. The van der Waals surface area contributed by atoms with Gasteiger partial charge in [-0.2, -0.15) is 5.10 Å². The zero-order valence-corrected chi connectivity index (χ0v) is 12.9. The fourth-order valence-corrected chi connectivity index (χ4v) is 2.62. The number of nitrogens with two attached hydrogens (primary N) is 1. The van der Waals surface area contributed by atoms with Gasteiger partial charge in [-0.3, -0.25) is 9.67 Å². The molecule has 0 saturated heterocycles. The fourth-order valence-electron chi connectivity index (χ4n) is 2.62. The molecule has 0 unspecified atom stereocenters. The number of hydrogen-bond donors (Lipinski definition) is 2. The normalized spacial score (nSPS) is 16.2. The average Bonchev–Trinajstić information content (AvgIpc) is 2.58. The van der Waals surface area contributed by atoms with Crippen LogP contribution in [0.25, 0.3) is 0 Å². The summed E-state index contributed by atoms with van der Waals surface area (Å²) < 4.78 is 1.95. The Hall–Kier alpha value is -1.52. The molecular formula is C15H27N5. The van der Waals surface area contributed by atoms with Crippen LogP contribution < -0.4 is 11.1 Å². The zero-order valence-electron chi connectivity index (χ0n) is 12.9. The first kappa shape index (κ1) is 14.9. The molecule has 0 aromatic carbocycles. The second-order valence-electron chi connectivity index (χ2n) is 5.83. The van der Waals surface area contributed by atoms with Gasteiger partial charge in [0.1, 0.15) is 0 Å². The second kappa shape index (κ2) is 6.77. The van der Waals surface area contributed by atoms with Gasteiger partial charge in [-0.25, -0.2) is 0 Å². The van der Waals surface area contributed by atoms with Gasteiger partial charge in [0.15, 0.2) is 5.96 Å². The Bertz CT molecular complexity index is 471. The van der Waals surface area contributed by atoms with Gasteiger partial charge in [-0.05, 0) is 51.0 Å². The third-order valence-electron chi connectivity index (χ3n) is 4.31. The summed E-state index contributed by atoms with van der Waals surface area (Å²) in [6, 6.07) is 0. The van der Waals surface area contributed by atoms with E-state index in [-0.39, 0.29) is 0 Å². The lowest BCUT2D eigenvalue weighted by Crippen LogP contribution is -2.33. The van der Waals surface area contributed by atoms with Crippen molar-refractivity contribution < 1.29 is 0 Å². The van der Waals surface area contributed by atoms with E-state index in [0.29, 0.717) is 5.96 Å². The van der Waals surface area contributed by atoms with Crippen LogP contribution in [0, 0.1) is 19.8 Å². The number of nitrogens with one attached hydrogen (secondary N) is 1. The lowest BCUT2D eigenvalue weighted by molar-refractivity contribution is 0.326. The van der Waals surface area contributed by atoms with Crippen molar-refractivity contribution >= 4 is 5.96 Å². The fraction of sp³-hybridized carbons (Fsp3) is 0.733. The van der Waals surface area contributed by atoms with Gasteiger partial charge in [-0.1, -0.05) is 6.42 Å². The summed E-state index contributed by atoms with van der Waals surface area (Å²) in [7, 11) is 2.00. The first-order chi connectivity index (χ1) is 9.58. The summed E-state index contributed by atoms with van der Waals surface area (Å²) in [6.45, 7) is 5.95. The van der Waals surface area contributed by atoms with Crippen LogP contribution in [-0.2, 0) is 13.5 Å². The van der Waals surface area contributed by atoms with Crippen molar-refractivity contribution in [2.24, 2.45) is 23.7 Å². The molecule has 1 saturated carbocycles. The third kappa shape index (κ3) is 3.74. The zero-order chi connectivity index (χ0) is 14.5. The van der Waals surface area contributed by atoms with E-state index in [1.807, 2.05) is 11.7 Å². The summed E-state index contributed by atoms with van der Waals surface area (Å²) in [5.74, 6) is 1.37. The van der Waals surface area contributed by atoms with E-state index < -0.39 is 0 Å². The Balaban J connectivity index is 1.67. The van der Waals surface area contributed by atoms with Crippen molar-refractivity contribution in [3.8, 4) is 0 Å². The van der Waals surface area contributed by atoms with E-state index in [2.05, 4.69) is 29.3 Å². The van der Waals surface area contributed by atoms with Gasteiger partial charge in [0.05, 0.1) is 5.69 Å². The Labute approximate surface area is 121 Å². The molecule has 112 valence electrons. The van der Waals surface area contributed by atoms with E-state index in [0.717, 1.165) is 37.5 Å². The lowest BCUT2D eigenvalue weighted by Gasteiger charge is -2.23. The summed E-state index contributed by atoms with van der Waals surface area (Å²) in [4.78, 5) is 4.40. The minimum absolute atomic E-state index is 0.594. The molecule has 0 bridgehead atoms. The van der Waals surface area contributed by atoms with Crippen molar-refractivity contribution in [1.29, 1.82) is 0 Å². The summed E-state index contributed by atoms with van der Waals surface area (Å²) in [5, 5.41) is 7.64. The number of guanidine groups is 1. The molecule has 0 radical (unpaired) electrons. The second-order valence-corrected chi connectivity index (χ2v) is 5.83. The Morgan fingerprint density at radius 3 is 2.75 bits per heavy atom. The van der Waals surface area contributed by atoms with Crippen LogP contribution in [0.2, 0.25) is 0 Å². The minimum atomic E-state index is 0.594. The molecule has 5 heteroatoms. The van der Waals surface area contributed by atoms with Gasteiger partial charge >= 0.3 is 0 Å². The molecule has 1 aliphatic carbocycles. The van der Waals surface area contributed by atoms with Crippen molar-refractivity contribution in [2.75, 3.05) is 13.1 Å². The van der Waals surface area contributed by atoms with Crippen molar-refractivity contribution in [3.63, 3.8) is 0 Å². The molecule has 0 atom stereocenters. The topological polar surface area (TPSA) is 68.2 Å². The maximum absolute atomic E-state index is 5.87. The van der Waals surface area contributed by atoms with Crippen LogP contribution in [0.3, 0.4) is 0 Å². The number of rotatable bonds is 6. The molecule has 0 spiro atoms. The minimum Gasteiger partial charge on any atom is -0.370 e. The molecule has 1 fully saturated rings. The summed E-state index contributed by atoms with van der Waals surface area (Å²) >= 11 is 0. The third-order valence-corrected chi connectivity index (χ3v) is 4.31. The molecule has 3 N–H and O–H groups in total. The standard InChI is InChI=1S/C15H27N5/c1-11-14(12(2)20(3)19-11)8-5-9-17-15(16)18-10-13-6-4-7-13/h13H,4-10H2,1-3H3,(H3,16,17,18). The Kier molecular flexibility index (Phi) is 5.04. The van der Waals surface area contributed by atoms with Crippen LogP contribution in [-0.4, -0.2) is 28.8 Å². The van der Waals surface area contributed by atoms with Crippen molar-refractivity contribution in [2.45, 2.75) is 46.0 Å². The van der Waals surface area contributed by atoms with Crippen LogP contribution in [0.1, 0.15) is 42.6 Å². The molecule has 1 aromatic rings. The highest BCUT2D eigenvalue weighted by Crippen LogP contribution is 2.26. The molecule has 0 aliphatic heterocycles. The molecular weight excluding hydrogens is 250 g/mol. The highest BCUT2D eigenvalue weighted by atomic mass is 15.3. The number of aryl methyl sites for hydroxylation is 2. The predicted octanol–water partition coefficient (Wildman–Crippen LogP) is 1.67. The Morgan fingerprint density at radius 1 is 1.45 bits per heavy atom. The molecule has 20 heavy (non-hydrogen) atoms. The lowest BCUT2D eigenvalue weighted by atomic mass is 9.86. The van der Waals surface area contributed by atoms with Crippen LogP contribution >= 0.6 is 0 Å². The van der Waals surface area contributed by atoms with Crippen LogP contribution in [0.15, 0.2) is 4.99 Å². The largest absolute Gasteiger partial charge is 0.370 e. The highest BCUT2D eigenvalue weighted by molar-refractivity contribution is 5.77. The number of hydrogen-bond acceptors (Lipinski definition) is 2. The molecule has 0 amide bonds. The van der Waals surface area contributed by atoms with Crippen molar-refractivity contribution in [3.05, 3.63) is 17.0 Å². The van der Waals surface area contributed by atoms with E-state index in [4.69, 9.17) is 5.73 Å². The van der Waals surface area contributed by atoms with Crippen LogP contribution in [0.4, 0.5) is 0 Å². The van der Waals surface area contributed by atoms with Crippen LogP contribution in [0.5, 0.6) is 0 Å². The molecule has 5 nitrogen and oxygen atoms in total. The quantitative estimate of drug-likeness (QED) is 0.472. The number of nitrogens with zero attached hydrogens (tertiary/aromatic N) is 3. The maximum Gasteiger partial charge on any atom is 0.188 e. The number of aliphatic imine (C=N–C) groups is 1. The summed E-state index contributed by atoms with van der Waals surface area (Å²) in [5.41, 5.74) is 9.62. The van der Waals surface area contributed by atoms with Gasteiger partial charge in [0.25, 0.3) is 0 Å². The predicted molar refractivity (Wildman–Crippen MR) is 82.8 cm³/mol. The number of aromatic nitrogens is 2.